The van der Waals surface area contributed by atoms with E-state index in [9.17, 15) is 18.0 Å². The first-order chi connectivity index (χ1) is 10.9. The minimum absolute atomic E-state index is 0.155. The number of alkyl halides is 3. The normalized spacial score (nSPS) is 26.6. The smallest absolute Gasteiger partial charge is 0.360 e. The van der Waals surface area contributed by atoms with E-state index in [2.05, 4.69) is 10.6 Å². The van der Waals surface area contributed by atoms with Gasteiger partial charge in [0.25, 0.3) is 5.91 Å². The molecule has 2 unspecified atom stereocenters. The Morgan fingerprint density at radius 1 is 1.26 bits per heavy atom. The molecule has 124 valence electrons. The summed E-state index contributed by atoms with van der Waals surface area (Å²) in [5.41, 5.74) is -0.402. The molecule has 1 heterocycles. The molecule has 2 N–H and O–H groups in total. The lowest BCUT2D eigenvalue weighted by atomic mass is 9.94. The lowest BCUT2D eigenvalue weighted by Crippen LogP contribution is -2.48. The minimum atomic E-state index is -4.38. The Kier molecular flexibility index (Phi) is 4.57. The predicted molar refractivity (Wildman–Crippen MR) is 84.9 cm³/mol. The zero-order chi connectivity index (χ0) is 16.4. The number of thioether (sulfide) groups is 1. The van der Waals surface area contributed by atoms with Crippen molar-refractivity contribution in [2.24, 2.45) is 0 Å². The van der Waals surface area contributed by atoms with Gasteiger partial charge < -0.3 is 10.6 Å². The topological polar surface area (TPSA) is 41.1 Å². The maximum Gasteiger partial charge on any atom is 0.416 e. The third-order valence-corrected chi connectivity index (χ3v) is 5.51. The van der Waals surface area contributed by atoms with Crippen molar-refractivity contribution in [2.75, 3.05) is 5.32 Å². The Bertz CT molecular complexity index is 630. The number of amides is 1. The number of hydrogen-bond donors (Lipinski definition) is 2. The summed E-state index contributed by atoms with van der Waals surface area (Å²) in [4.78, 5) is 12.6. The zero-order valence-electron chi connectivity index (χ0n) is 12.3. The number of nitrogens with one attached hydrogen (secondary N) is 2. The highest BCUT2D eigenvalue weighted by Crippen LogP contribution is 2.37. The second-order valence-electron chi connectivity index (χ2n) is 5.75. The summed E-state index contributed by atoms with van der Waals surface area (Å²) in [6, 6.07) is 5.15. The molecule has 23 heavy (non-hydrogen) atoms. The molecule has 1 aromatic rings. The van der Waals surface area contributed by atoms with Crippen LogP contribution in [-0.2, 0) is 11.0 Å². The van der Waals surface area contributed by atoms with Crippen LogP contribution in [-0.4, -0.2) is 17.2 Å². The summed E-state index contributed by atoms with van der Waals surface area (Å²) in [5.74, 6) is -0.155. The van der Waals surface area contributed by atoms with Crippen LogP contribution in [0.5, 0.6) is 0 Å². The number of benzene rings is 1. The molecule has 0 spiro atoms. The second kappa shape index (κ2) is 6.47. The van der Waals surface area contributed by atoms with Gasteiger partial charge in [0.15, 0.2) is 0 Å². The molecule has 1 aliphatic carbocycles. The third-order valence-electron chi connectivity index (χ3n) is 4.08. The van der Waals surface area contributed by atoms with E-state index in [1.54, 1.807) is 6.07 Å². The third kappa shape index (κ3) is 3.83. The van der Waals surface area contributed by atoms with Gasteiger partial charge in [-0.15, -0.1) is 11.8 Å². The van der Waals surface area contributed by atoms with E-state index in [1.807, 2.05) is 0 Å². The molecule has 1 saturated carbocycles. The van der Waals surface area contributed by atoms with Gasteiger partial charge in [-0.1, -0.05) is 18.9 Å². The maximum absolute atomic E-state index is 12.7. The van der Waals surface area contributed by atoms with E-state index < -0.39 is 11.7 Å². The standard InChI is InChI=1S/C16H17F3N2OS/c17-16(18,19)10-4-3-5-11(8-10)20-9-14-15(22)21-12-6-1-2-7-13(12)23-14/h3-5,8-9,12-13,20H,1-2,6-7H2,(H,21,22)/b14-9+. The van der Waals surface area contributed by atoms with Gasteiger partial charge in [0.05, 0.1) is 10.5 Å². The maximum atomic E-state index is 12.7. The number of rotatable bonds is 2. The average Bonchev–Trinajstić information content (AvgIpc) is 2.52. The molecule has 1 saturated heterocycles. The van der Waals surface area contributed by atoms with Gasteiger partial charge in [-0.2, -0.15) is 13.2 Å². The Balaban J connectivity index is 1.71. The van der Waals surface area contributed by atoms with Gasteiger partial charge >= 0.3 is 6.18 Å². The summed E-state index contributed by atoms with van der Waals surface area (Å²) in [6.07, 6.45) is 1.45. The second-order valence-corrected chi connectivity index (χ2v) is 7.03. The number of anilines is 1. The molecule has 3 nitrogen and oxygen atoms in total. The number of fused-ring (bicyclic) bond motifs is 1. The molecule has 7 heteroatoms. The summed E-state index contributed by atoms with van der Waals surface area (Å²) < 4.78 is 38.1. The number of carbonyl (C=O) groups excluding carboxylic acids is 1. The van der Waals surface area contributed by atoms with E-state index in [0.717, 1.165) is 37.8 Å². The van der Waals surface area contributed by atoms with E-state index in [0.29, 0.717) is 15.8 Å². The van der Waals surface area contributed by atoms with Crippen LogP contribution < -0.4 is 10.6 Å². The van der Waals surface area contributed by atoms with Crippen LogP contribution >= 0.6 is 11.8 Å². The fraction of sp³-hybridized carbons (Fsp3) is 0.438. The fourth-order valence-electron chi connectivity index (χ4n) is 2.89. The van der Waals surface area contributed by atoms with Crippen molar-refractivity contribution in [2.45, 2.75) is 43.2 Å². The Hall–Kier alpha value is -1.63. The van der Waals surface area contributed by atoms with Gasteiger partial charge in [0.2, 0.25) is 0 Å². The first kappa shape index (κ1) is 16.2. The number of carbonyl (C=O) groups is 1. The number of halogens is 3. The van der Waals surface area contributed by atoms with Crippen LogP contribution in [0.1, 0.15) is 31.2 Å². The highest BCUT2D eigenvalue weighted by Gasteiger charge is 2.34. The molecule has 2 aliphatic rings. The molecule has 2 fully saturated rings. The summed E-state index contributed by atoms with van der Waals surface area (Å²) in [5, 5.41) is 6.16. The average molecular weight is 342 g/mol. The van der Waals surface area contributed by atoms with Crippen LogP contribution in [0.2, 0.25) is 0 Å². The Labute approximate surface area is 136 Å². The van der Waals surface area contributed by atoms with Crippen molar-refractivity contribution < 1.29 is 18.0 Å². The van der Waals surface area contributed by atoms with Crippen molar-refractivity contribution in [3.05, 3.63) is 40.9 Å². The van der Waals surface area contributed by atoms with Crippen molar-refractivity contribution in [3.63, 3.8) is 0 Å². The van der Waals surface area contributed by atoms with Crippen LogP contribution in [0.15, 0.2) is 35.4 Å². The molecule has 0 bridgehead atoms. The number of hydrogen-bond acceptors (Lipinski definition) is 3. The molecule has 1 aromatic carbocycles. The van der Waals surface area contributed by atoms with Gasteiger partial charge in [-0.05, 0) is 31.0 Å². The van der Waals surface area contributed by atoms with Crippen molar-refractivity contribution in [1.29, 1.82) is 0 Å². The van der Waals surface area contributed by atoms with E-state index in [-0.39, 0.29) is 11.9 Å². The predicted octanol–water partition coefficient (Wildman–Crippen LogP) is 4.13. The monoisotopic (exact) mass is 342 g/mol. The van der Waals surface area contributed by atoms with Crippen LogP contribution in [0.25, 0.3) is 0 Å². The lowest BCUT2D eigenvalue weighted by molar-refractivity contribution is -0.137. The lowest BCUT2D eigenvalue weighted by Gasteiger charge is -2.36. The van der Waals surface area contributed by atoms with E-state index >= 15 is 0 Å². The molecule has 1 amide bonds. The molecule has 0 radical (unpaired) electrons. The van der Waals surface area contributed by atoms with Gasteiger partial charge in [-0.25, -0.2) is 0 Å². The summed E-state index contributed by atoms with van der Waals surface area (Å²) in [6.45, 7) is 0. The highest BCUT2D eigenvalue weighted by molar-refractivity contribution is 8.04. The Morgan fingerprint density at radius 3 is 2.83 bits per heavy atom. The first-order valence-electron chi connectivity index (χ1n) is 7.55. The fourth-order valence-corrected chi connectivity index (χ4v) is 4.16. The summed E-state index contributed by atoms with van der Waals surface area (Å²) >= 11 is 1.52. The quantitative estimate of drug-likeness (QED) is 0.794. The van der Waals surface area contributed by atoms with Gasteiger partial charge in [-0.3, -0.25) is 4.79 Å². The SMILES string of the molecule is O=C1NC2CCCCC2S/C1=C/Nc1cccc(C(F)(F)F)c1. The highest BCUT2D eigenvalue weighted by atomic mass is 32.2. The molecule has 0 aromatic heterocycles. The largest absolute Gasteiger partial charge is 0.416 e. The van der Waals surface area contributed by atoms with Gasteiger partial charge in [0, 0.05) is 23.2 Å². The first-order valence-corrected chi connectivity index (χ1v) is 8.43. The van der Waals surface area contributed by atoms with Crippen molar-refractivity contribution >= 4 is 23.4 Å². The molecular formula is C16H17F3N2OS. The molecular weight excluding hydrogens is 325 g/mol. The molecule has 1 aliphatic heterocycles. The molecule has 2 atom stereocenters. The van der Waals surface area contributed by atoms with Crippen LogP contribution in [0.4, 0.5) is 18.9 Å². The van der Waals surface area contributed by atoms with Crippen LogP contribution in [0, 0.1) is 0 Å². The van der Waals surface area contributed by atoms with Crippen LogP contribution in [0.3, 0.4) is 0 Å². The van der Waals surface area contributed by atoms with Crippen molar-refractivity contribution in [1.82, 2.24) is 5.32 Å². The van der Waals surface area contributed by atoms with Crippen molar-refractivity contribution in [3.8, 4) is 0 Å². The molecule has 3 rings (SSSR count). The van der Waals surface area contributed by atoms with E-state index in [1.165, 1.54) is 24.0 Å². The van der Waals surface area contributed by atoms with Gasteiger partial charge in [0.1, 0.15) is 0 Å². The van der Waals surface area contributed by atoms with E-state index in [4.69, 9.17) is 0 Å². The minimum Gasteiger partial charge on any atom is -0.360 e. The Morgan fingerprint density at radius 2 is 2.04 bits per heavy atom. The summed E-state index contributed by atoms with van der Waals surface area (Å²) in [7, 11) is 0. The zero-order valence-corrected chi connectivity index (χ0v) is 13.1.